The van der Waals surface area contributed by atoms with E-state index >= 15 is 0 Å². The number of benzene rings is 1. The normalized spacial score (nSPS) is 19.6. The molecule has 0 N–H and O–H groups in total. The van der Waals surface area contributed by atoms with Gasteiger partial charge in [-0.05, 0) is 36.9 Å². The summed E-state index contributed by atoms with van der Waals surface area (Å²) in [5.74, 6) is 0. The average molecular weight is 334 g/mol. The minimum atomic E-state index is -1.35. The highest BCUT2D eigenvalue weighted by Gasteiger charge is 2.33. The van der Waals surface area contributed by atoms with E-state index in [4.69, 9.17) is 0 Å². The molecule has 1 aliphatic carbocycles. The van der Waals surface area contributed by atoms with Gasteiger partial charge in [0.2, 0.25) is 5.12 Å². The van der Waals surface area contributed by atoms with Gasteiger partial charge in [-0.2, -0.15) is 0 Å². The maximum absolute atomic E-state index is 11.9. The van der Waals surface area contributed by atoms with Gasteiger partial charge >= 0.3 is 0 Å². The Kier molecular flexibility index (Phi) is 5.69. The largest absolute Gasteiger partial charge is 0.321 e. The molecular formula is C18H27NOSSi. The molecule has 0 spiro atoms. The minimum absolute atomic E-state index is 0.0617. The summed E-state index contributed by atoms with van der Waals surface area (Å²) < 4.78 is 2.69. The standard InChI is InChI=1S/C18H27NOSSi/c1-5-19(22(2,3)4)15-11-12-16(18(20)21)17(13-15)14-9-7-6-8-10-14/h6-10,15H,5,11-13H2,1-4H3,(H,20,21). The van der Waals surface area contributed by atoms with Crippen LogP contribution in [0.3, 0.4) is 0 Å². The summed E-state index contributed by atoms with van der Waals surface area (Å²) in [7, 11) is -1.35. The molecule has 2 rings (SSSR count). The Balaban J connectivity index is 2.36. The zero-order valence-electron chi connectivity index (χ0n) is 14.1. The molecule has 4 heteroatoms. The van der Waals surface area contributed by atoms with Gasteiger partial charge in [0, 0.05) is 11.6 Å². The first-order chi connectivity index (χ1) is 10.3. The topological polar surface area (TPSA) is 20.3 Å². The molecule has 0 aliphatic heterocycles. The Morgan fingerprint density at radius 2 is 1.91 bits per heavy atom. The van der Waals surface area contributed by atoms with Gasteiger partial charge in [0.25, 0.3) is 0 Å². The summed E-state index contributed by atoms with van der Waals surface area (Å²) in [6, 6.07) is 10.9. The molecule has 1 aliphatic rings. The summed E-state index contributed by atoms with van der Waals surface area (Å²) in [6.45, 7) is 10.6. The Labute approximate surface area is 141 Å². The summed E-state index contributed by atoms with van der Waals surface area (Å²) in [5, 5.41) is -0.0617. The zero-order valence-corrected chi connectivity index (χ0v) is 16.0. The minimum Gasteiger partial charge on any atom is -0.321 e. The second-order valence-electron chi connectivity index (χ2n) is 6.98. The van der Waals surface area contributed by atoms with E-state index in [-0.39, 0.29) is 5.12 Å². The smallest absolute Gasteiger partial charge is 0.212 e. The van der Waals surface area contributed by atoms with Crippen molar-refractivity contribution in [3.63, 3.8) is 0 Å². The predicted octanol–water partition coefficient (Wildman–Crippen LogP) is 4.61. The lowest BCUT2D eigenvalue weighted by Gasteiger charge is -2.42. The highest BCUT2D eigenvalue weighted by Crippen LogP contribution is 2.36. The number of carbonyl (C=O) groups excluding carboxylic acids is 1. The first-order valence-electron chi connectivity index (χ1n) is 8.12. The van der Waals surface area contributed by atoms with Crippen molar-refractivity contribution in [2.75, 3.05) is 6.54 Å². The fraction of sp³-hybridized carbons (Fsp3) is 0.500. The Bertz CT molecular complexity index is 562. The quantitative estimate of drug-likeness (QED) is 0.627. The van der Waals surface area contributed by atoms with Crippen LogP contribution < -0.4 is 0 Å². The Hall–Kier alpha value is -0.843. The monoisotopic (exact) mass is 333 g/mol. The van der Waals surface area contributed by atoms with Crippen molar-refractivity contribution >= 4 is 31.6 Å². The highest BCUT2D eigenvalue weighted by molar-refractivity contribution is 7.97. The van der Waals surface area contributed by atoms with Gasteiger partial charge in [-0.15, -0.1) is 12.6 Å². The summed E-state index contributed by atoms with van der Waals surface area (Å²) >= 11 is 4.11. The fourth-order valence-corrected chi connectivity index (χ4v) is 6.15. The van der Waals surface area contributed by atoms with Gasteiger partial charge in [0.1, 0.15) is 8.24 Å². The van der Waals surface area contributed by atoms with E-state index in [9.17, 15) is 4.79 Å². The molecule has 120 valence electrons. The first-order valence-corrected chi connectivity index (χ1v) is 12.0. The summed E-state index contributed by atoms with van der Waals surface area (Å²) in [6.07, 6.45) is 2.87. The van der Waals surface area contributed by atoms with Crippen LogP contribution in [0.5, 0.6) is 0 Å². The molecule has 0 heterocycles. The van der Waals surface area contributed by atoms with Crippen LogP contribution in [-0.2, 0) is 4.79 Å². The molecule has 0 aromatic heterocycles. The third-order valence-corrected chi connectivity index (χ3v) is 7.23. The number of hydrogen-bond acceptors (Lipinski definition) is 2. The van der Waals surface area contributed by atoms with Crippen LogP contribution in [0, 0.1) is 0 Å². The molecule has 1 aromatic rings. The van der Waals surface area contributed by atoms with Gasteiger partial charge in [0.15, 0.2) is 0 Å². The van der Waals surface area contributed by atoms with Crippen LogP contribution in [0.25, 0.3) is 5.57 Å². The third-order valence-electron chi connectivity index (χ3n) is 4.56. The second-order valence-corrected chi connectivity index (χ2v) is 12.3. The highest BCUT2D eigenvalue weighted by atomic mass is 32.1. The molecule has 1 unspecified atom stereocenters. The predicted molar refractivity (Wildman–Crippen MR) is 101 cm³/mol. The average Bonchev–Trinajstić information content (AvgIpc) is 2.47. The molecule has 1 atom stereocenters. The molecule has 0 radical (unpaired) electrons. The van der Waals surface area contributed by atoms with E-state index in [1.54, 1.807) is 0 Å². The van der Waals surface area contributed by atoms with Gasteiger partial charge in [-0.3, -0.25) is 4.79 Å². The van der Waals surface area contributed by atoms with Crippen LogP contribution in [0.1, 0.15) is 31.7 Å². The Morgan fingerprint density at radius 1 is 1.27 bits per heavy atom. The fourth-order valence-electron chi connectivity index (χ4n) is 3.64. The Morgan fingerprint density at radius 3 is 2.41 bits per heavy atom. The molecule has 0 saturated heterocycles. The van der Waals surface area contributed by atoms with Crippen LogP contribution in [0.2, 0.25) is 19.6 Å². The lowest BCUT2D eigenvalue weighted by molar-refractivity contribution is -0.107. The first kappa shape index (κ1) is 17.5. The van der Waals surface area contributed by atoms with Crippen molar-refractivity contribution in [1.29, 1.82) is 0 Å². The molecule has 1 aromatic carbocycles. The van der Waals surface area contributed by atoms with Crippen molar-refractivity contribution in [3.8, 4) is 0 Å². The van der Waals surface area contributed by atoms with E-state index < -0.39 is 8.24 Å². The zero-order chi connectivity index (χ0) is 16.3. The molecule has 0 amide bonds. The second kappa shape index (κ2) is 7.15. The molecule has 0 saturated carbocycles. The lowest BCUT2D eigenvalue weighted by atomic mass is 9.85. The van der Waals surface area contributed by atoms with E-state index in [2.05, 4.69) is 55.9 Å². The van der Waals surface area contributed by atoms with Gasteiger partial charge in [0.05, 0.1) is 0 Å². The third kappa shape index (κ3) is 3.92. The van der Waals surface area contributed by atoms with Gasteiger partial charge in [-0.25, -0.2) is 0 Å². The van der Waals surface area contributed by atoms with E-state index in [1.165, 1.54) is 11.1 Å². The molecule has 22 heavy (non-hydrogen) atoms. The molecular weight excluding hydrogens is 306 g/mol. The number of hydrogen-bond donors (Lipinski definition) is 1. The van der Waals surface area contributed by atoms with E-state index in [1.807, 2.05) is 18.2 Å². The lowest BCUT2D eigenvalue weighted by Crippen LogP contribution is -2.52. The van der Waals surface area contributed by atoms with Gasteiger partial charge < -0.3 is 4.57 Å². The van der Waals surface area contributed by atoms with E-state index in [0.717, 1.165) is 31.4 Å². The summed E-state index contributed by atoms with van der Waals surface area (Å²) in [5.41, 5.74) is 3.29. The molecule has 2 nitrogen and oxygen atoms in total. The number of nitrogens with zero attached hydrogens (tertiary/aromatic N) is 1. The van der Waals surface area contributed by atoms with E-state index in [0.29, 0.717) is 6.04 Å². The van der Waals surface area contributed by atoms with Crippen LogP contribution in [0.4, 0.5) is 0 Å². The molecule has 0 fully saturated rings. The number of rotatable bonds is 5. The van der Waals surface area contributed by atoms with Gasteiger partial charge in [-0.1, -0.05) is 56.9 Å². The van der Waals surface area contributed by atoms with Crippen molar-refractivity contribution in [2.24, 2.45) is 0 Å². The molecule has 0 bridgehead atoms. The van der Waals surface area contributed by atoms with Crippen molar-refractivity contribution in [1.82, 2.24) is 4.57 Å². The van der Waals surface area contributed by atoms with Crippen LogP contribution >= 0.6 is 12.6 Å². The SMILES string of the molecule is CCN(C1CCC(C(=O)S)=C(c2ccccc2)C1)[Si](C)(C)C. The summed E-state index contributed by atoms with van der Waals surface area (Å²) in [4.78, 5) is 11.9. The number of carbonyl (C=O) groups is 1. The van der Waals surface area contributed by atoms with Crippen LogP contribution in [-0.4, -0.2) is 30.5 Å². The van der Waals surface area contributed by atoms with Crippen molar-refractivity contribution in [2.45, 2.75) is 51.9 Å². The van der Waals surface area contributed by atoms with Crippen molar-refractivity contribution in [3.05, 3.63) is 41.5 Å². The maximum Gasteiger partial charge on any atom is 0.212 e. The maximum atomic E-state index is 11.9. The van der Waals surface area contributed by atoms with Crippen molar-refractivity contribution < 1.29 is 4.79 Å². The number of thiol groups is 1. The van der Waals surface area contributed by atoms with Crippen LogP contribution in [0.15, 0.2) is 35.9 Å².